The van der Waals surface area contributed by atoms with Crippen molar-refractivity contribution in [2.45, 2.75) is 25.7 Å². The molecule has 0 radical (unpaired) electrons. The molecule has 3 rings (SSSR count). The summed E-state index contributed by atoms with van der Waals surface area (Å²) in [7, 11) is -3.52. The minimum atomic E-state index is -3.52. The predicted molar refractivity (Wildman–Crippen MR) is 126 cm³/mol. The fourth-order valence-corrected chi connectivity index (χ4v) is 4.54. The van der Waals surface area contributed by atoms with Gasteiger partial charge in [0.05, 0.1) is 4.90 Å². The fourth-order valence-electron chi connectivity index (χ4n) is 3.08. The number of nitrogens with two attached hydrogens (primary N) is 1. The summed E-state index contributed by atoms with van der Waals surface area (Å²) in [5.41, 5.74) is 8.48. The van der Waals surface area contributed by atoms with E-state index in [2.05, 4.69) is 20.6 Å². The Bertz CT molecular complexity index is 1190. The maximum Gasteiger partial charge on any atom is 0.243 e. The third-order valence-electron chi connectivity index (χ3n) is 4.90. The van der Waals surface area contributed by atoms with E-state index in [4.69, 9.17) is 5.73 Å². The first-order chi connectivity index (χ1) is 15.3. The van der Waals surface area contributed by atoms with Crippen LogP contribution in [-0.4, -0.2) is 41.6 Å². The minimum absolute atomic E-state index is 0.0134. The van der Waals surface area contributed by atoms with Crippen LogP contribution in [0, 0.1) is 0 Å². The number of carbonyl (C=O) groups is 1. The van der Waals surface area contributed by atoms with Crippen LogP contribution >= 0.6 is 0 Å². The third kappa shape index (κ3) is 5.04. The molecule has 32 heavy (non-hydrogen) atoms. The average Bonchev–Trinajstić information content (AvgIpc) is 2.78. The second-order valence-corrected chi connectivity index (χ2v) is 8.92. The van der Waals surface area contributed by atoms with E-state index in [9.17, 15) is 13.2 Å². The van der Waals surface area contributed by atoms with Gasteiger partial charge in [0.25, 0.3) is 0 Å². The molecule has 3 aromatic rings. The standard InChI is InChI=1S/C22H26N6O3S/c1-4-28(5-2)32(30,31)19-12-10-18(11-13-19)27-22-20(23)21(24-14-25-22)26-17-8-6-16(7-9-17)15(3)29/h6-14H,4-5,23H2,1-3H3,(H2,24,25,26,27). The van der Waals surface area contributed by atoms with E-state index >= 15 is 0 Å². The van der Waals surface area contributed by atoms with Crippen molar-refractivity contribution in [2.24, 2.45) is 0 Å². The number of Topliss-reactive ketones (excluding diaryl/α,β-unsaturated/α-hetero) is 1. The number of sulfonamides is 1. The van der Waals surface area contributed by atoms with Gasteiger partial charge in [0.15, 0.2) is 17.4 Å². The second kappa shape index (κ2) is 9.75. The number of rotatable bonds is 9. The summed E-state index contributed by atoms with van der Waals surface area (Å²) in [5.74, 6) is 0.765. The molecule has 0 atom stereocenters. The van der Waals surface area contributed by atoms with Crippen LogP contribution in [0.1, 0.15) is 31.1 Å². The smallest absolute Gasteiger partial charge is 0.243 e. The molecule has 0 aliphatic heterocycles. The number of nitrogen functional groups attached to an aromatic ring is 1. The molecule has 9 nitrogen and oxygen atoms in total. The van der Waals surface area contributed by atoms with Crippen LogP contribution in [0.15, 0.2) is 59.8 Å². The van der Waals surface area contributed by atoms with Crippen LogP contribution in [-0.2, 0) is 10.0 Å². The van der Waals surface area contributed by atoms with Crippen LogP contribution in [0.3, 0.4) is 0 Å². The Balaban J connectivity index is 1.78. The summed E-state index contributed by atoms with van der Waals surface area (Å²) < 4.78 is 26.7. The van der Waals surface area contributed by atoms with Crippen molar-refractivity contribution in [2.75, 3.05) is 29.5 Å². The van der Waals surface area contributed by atoms with Crippen LogP contribution in [0.2, 0.25) is 0 Å². The van der Waals surface area contributed by atoms with E-state index in [1.165, 1.54) is 17.6 Å². The highest BCUT2D eigenvalue weighted by Crippen LogP contribution is 2.29. The van der Waals surface area contributed by atoms with Gasteiger partial charge in [0, 0.05) is 30.0 Å². The van der Waals surface area contributed by atoms with Gasteiger partial charge < -0.3 is 16.4 Å². The zero-order valence-corrected chi connectivity index (χ0v) is 19.0. The van der Waals surface area contributed by atoms with Crippen molar-refractivity contribution in [3.63, 3.8) is 0 Å². The minimum Gasteiger partial charge on any atom is -0.393 e. The molecule has 4 N–H and O–H groups in total. The Morgan fingerprint density at radius 1 is 0.906 bits per heavy atom. The van der Waals surface area contributed by atoms with Crippen molar-refractivity contribution in [3.05, 3.63) is 60.4 Å². The third-order valence-corrected chi connectivity index (χ3v) is 6.96. The first kappa shape index (κ1) is 23.2. The highest BCUT2D eigenvalue weighted by molar-refractivity contribution is 7.89. The number of hydrogen-bond acceptors (Lipinski definition) is 8. The number of carbonyl (C=O) groups excluding carboxylic acids is 1. The molecule has 168 valence electrons. The number of hydrogen-bond donors (Lipinski definition) is 3. The highest BCUT2D eigenvalue weighted by atomic mass is 32.2. The van der Waals surface area contributed by atoms with Crippen molar-refractivity contribution < 1.29 is 13.2 Å². The molecule has 0 unspecified atom stereocenters. The van der Waals surface area contributed by atoms with Crippen molar-refractivity contribution in [1.82, 2.24) is 14.3 Å². The molecular formula is C22H26N6O3S. The molecule has 10 heteroatoms. The largest absolute Gasteiger partial charge is 0.393 e. The SMILES string of the molecule is CCN(CC)S(=O)(=O)c1ccc(Nc2ncnc(Nc3ccc(C(C)=O)cc3)c2N)cc1. The van der Waals surface area contributed by atoms with Crippen LogP contribution in [0.5, 0.6) is 0 Å². The molecule has 0 spiro atoms. The van der Waals surface area contributed by atoms with E-state index < -0.39 is 10.0 Å². The zero-order chi connectivity index (χ0) is 23.3. The summed E-state index contributed by atoms with van der Waals surface area (Å²) in [4.78, 5) is 20.0. The molecule has 0 saturated carbocycles. The molecule has 1 aromatic heterocycles. The van der Waals surface area contributed by atoms with Crippen LogP contribution < -0.4 is 16.4 Å². The Kier molecular flexibility index (Phi) is 7.06. The summed E-state index contributed by atoms with van der Waals surface area (Å²) >= 11 is 0. The number of anilines is 5. The van der Waals surface area contributed by atoms with Gasteiger partial charge >= 0.3 is 0 Å². The highest BCUT2D eigenvalue weighted by Gasteiger charge is 2.21. The number of nitrogens with zero attached hydrogens (tertiary/aromatic N) is 3. The van der Waals surface area contributed by atoms with Crippen LogP contribution in [0.25, 0.3) is 0 Å². The maximum absolute atomic E-state index is 12.6. The number of ketones is 1. The summed E-state index contributed by atoms with van der Waals surface area (Å²) in [6.45, 7) is 5.93. The molecule has 2 aromatic carbocycles. The molecule has 0 amide bonds. The Labute approximate surface area is 187 Å². The number of nitrogens with one attached hydrogen (secondary N) is 2. The first-order valence-electron chi connectivity index (χ1n) is 10.1. The molecule has 0 bridgehead atoms. The van der Waals surface area contributed by atoms with Crippen LogP contribution in [0.4, 0.5) is 28.7 Å². The average molecular weight is 455 g/mol. The monoisotopic (exact) mass is 454 g/mol. The van der Waals surface area contributed by atoms with Gasteiger partial charge in [-0.25, -0.2) is 18.4 Å². The lowest BCUT2D eigenvalue weighted by Gasteiger charge is -2.18. The normalized spacial score (nSPS) is 11.4. The molecule has 0 fully saturated rings. The van der Waals surface area contributed by atoms with Crippen molar-refractivity contribution in [1.29, 1.82) is 0 Å². The van der Waals surface area contributed by atoms with Gasteiger partial charge in [-0.3, -0.25) is 4.79 Å². The quantitative estimate of drug-likeness (QED) is 0.417. The Morgan fingerprint density at radius 3 is 1.81 bits per heavy atom. The molecule has 0 saturated heterocycles. The van der Waals surface area contributed by atoms with Gasteiger partial charge in [-0.2, -0.15) is 4.31 Å². The van der Waals surface area contributed by atoms with Gasteiger partial charge in [-0.1, -0.05) is 13.8 Å². The van der Waals surface area contributed by atoms with E-state index in [1.807, 2.05) is 0 Å². The van der Waals surface area contributed by atoms with E-state index in [-0.39, 0.29) is 10.7 Å². The van der Waals surface area contributed by atoms with E-state index in [1.54, 1.807) is 62.4 Å². The predicted octanol–water partition coefficient (Wildman–Crippen LogP) is 3.78. The molecule has 0 aliphatic carbocycles. The summed E-state index contributed by atoms with van der Waals surface area (Å²) in [6, 6.07) is 13.4. The fraction of sp³-hybridized carbons (Fsp3) is 0.227. The van der Waals surface area contributed by atoms with E-state index in [0.29, 0.717) is 41.7 Å². The topological polar surface area (TPSA) is 130 Å². The number of benzene rings is 2. The van der Waals surface area contributed by atoms with Crippen molar-refractivity contribution >= 4 is 44.5 Å². The lowest BCUT2D eigenvalue weighted by molar-refractivity contribution is 0.101. The summed E-state index contributed by atoms with van der Waals surface area (Å²) in [5, 5.41) is 6.20. The maximum atomic E-state index is 12.6. The Morgan fingerprint density at radius 2 is 1.38 bits per heavy atom. The van der Waals surface area contributed by atoms with Gasteiger partial charge in [0.2, 0.25) is 10.0 Å². The Hall–Kier alpha value is -3.50. The second-order valence-electron chi connectivity index (χ2n) is 6.98. The molecule has 1 heterocycles. The molecular weight excluding hydrogens is 428 g/mol. The molecule has 0 aliphatic rings. The van der Waals surface area contributed by atoms with Crippen molar-refractivity contribution in [3.8, 4) is 0 Å². The zero-order valence-electron chi connectivity index (χ0n) is 18.2. The van der Waals surface area contributed by atoms with Gasteiger partial charge in [-0.15, -0.1) is 0 Å². The van der Waals surface area contributed by atoms with E-state index in [0.717, 1.165) is 5.69 Å². The lowest BCUT2D eigenvalue weighted by atomic mass is 10.1. The first-order valence-corrected chi connectivity index (χ1v) is 11.6. The lowest BCUT2D eigenvalue weighted by Crippen LogP contribution is -2.30. The summed E-state index contributed by atoms with van der Waals surface area (Å²) in [6.07, 6.45) is 1.37. The number of aromatic nitrogens is 2. The van der Waals surface area contributed by atoms with Gasteiger partial charge in [0.1, 0.15) is 12.0 Å². The van der Waals surface area contributed by atoms with Gasteiger partial charge in [-0.05, 0) is 55.5 Å².